The van der Waals surface area contributed by atoms with Crippen LogP contribution in [0.4, 0.5) is 0 Å². The molecule has 0 aliphatic rings. The maximum absolute atomic E-state index is 6.56. The van der Waals surface area contributed by atoms with Crippen molar-refractivity contribution in [2.75, 3.05) is 0 Å². The van der Waals surface area contributed by atoms with Gasteiger partial charge in [-0.25, -0.2) is 0 Å². The Morgan fingerprint density at radius 1 is 0.946 bits per heavy atom. The molecule has 6 rings (SSSR count). The molecule has 0 fully saturated rings. The van der Waals surface area contributed by atoms with E-state index in [1.54, 1.807) is 11.3 Å². The lowest BCUT2D eigenvalue weighted by atomic mass is 9.82. The number of rotatable bonds is 4. The van der Waals surface area contributed by atoms with Crippen LogP contribution in [-0.4, -0.2) is 4.98 Å². The molecule has 0 atom stereocenters. The molecule has 0 spiro atoms. The Kier molecular flexibility index (Phi) is 5.72. The Balaban J connectivity index is 1.54. The number of aryl methyl sites for hydroxylation is 1. The van der Waals surface area contributed by atoms with Gasteiger partial charge in [0.1, 0.15) is 11.3 Å². The van der Waals surface area contributed by atoms with Gasteiger partial charge in [-0.15, -0.1) is 11.3 Å². The van der Waals surface area contributed by atoms with E-state index < -0.39 is 0 Å². The fraction of sp³-hybridized carbons (Fsp3) is 0.265. The lowest BCUT2D eigenvalue weighted by Gasteiger charge is -2.22. The molecule has 0 unspecified atom stereocenters. The Morgan fingerprint density at radius 2 is 1.76 bits per heavy atom. The smallest absolute Gasteiger partial charge is 0.139 e. The number of furan rings is 1. The number of aromatic nitrogens is 1. The van der Waals surface area contributed by atoms with E-state index in [1.165, 1.54) is 37.5 Å². The van der Waals surface area contributed by atoms with Gasteiger partial charge in [0.2, 0.25) is 0 Å². The highest BCUT2D eigenvalue weighted by Crippen LogP contribution is 2.43. The van der Waals surface area contributed by atoms with Crippen molar-refractivity contribution in [3.8, 4) is 22.6 Å². The molecule has 0 amide bonds. The fourth-order valence-corrected chi connectivity index (χ4v) is 6.59. The van der Waals surface area contributed by atoms with Crippen molar-refractivity contribution < 1.29 is 4.42 Å². The van der Waals surface area contributed by atoms with Crippen molar-refractivity contribution >= 4 is 43.2 Å². The van der Waals surface area contributed by atoms with Crippen molar-refractivity contribution in [3.05, 3.63) is 88.9 Å². The minimum atomic E-state index is 0.0180. The quantitative estimate of drug-likeness (QED) is 0.239. The van der Waals surface area contributed by atoms with Crippen LogP contribution in [0.15, 0.2) is 76.7 Å². The molecule has 3 aromatic heterocycles. The second kappa shape index (κ2) is 8.85. The first-order valence-electron chi connectivity index (χ1n) is 13.1. The van der Waals surface area contributed by atoms with Crippen molar-refractivity contribution in [2.24, 2.45) is 5.92 Å². The second-order valence-electron chi connectivity index (χ2n) is 11.7. The van der Waals surface area contributed by atoms with Crippen LogP contribution in [0, 0.1) is 12.8 Å². The molecule has 0 aliphatic carbocycles. The predicted molar refractivity (Wildman–Crippen MR) is 160 cm³/mol. The van der Waals surface area contributed by atoms with E-state index in [4.69, 9.17) is 9.40 Å². The molecular weight excluding hydrogens is 470 g/mol. The maximum atomic E-state index is 6.56. The summed E-state index contributed by atoms with van der Waals surface area (Å²) in [6, 6.07) is 22.1. The second-order valence-corrected chi connectivity index (χ2v) is 12.6. The molecule has 37 heavy (non-hydrogen) atoms. The van der Waals surface area contributed by atoms with E-state index >= 15 is 0 Å². The summed E-state index contributed by atoms with van der Waals surface area (Å²) in [5.74, 6) is 1.60. The highest BCUT2D eigenvalue weighted by atomic mass is 32.1. The molecule has 3 heteroatoms. The average molecular weight is 504 g/mol. The minimum Gasteiger partial charge on any atom is -0.456 e. The number of benzene rings is 3. The van der Waals surface area contributed by atoms with Crippen LogP contribution in [0.1, 0.15) is 51.3 Å². The monoisotopic (exact) mass is 503 g/mol. The van der Waals surface area contributed by atoms with Gasteiger partial charge in [0, 0.05) is 38.4 Å². The lowest BCUT2D eigenvalue weighted by Crippen LogP contribution is -2.12. The summed E-state index contributed by atoms with van der Waals surface area (Å²) in [5, 5.41) is 7.15. The van der Waals surface area contributed by atoms with Crippen molar-refractivity contribution in [3.63, 3.8) is 0 Å². The van der Waals surface area contributed by atoms with Crippen molar-refractivity contribution in [1.82, 2.24) is 4.98 Å². The number of thiophene rings is 1. The zero-order chi connectivity index (χ0) is 25.9. The summed E-state index contributed by atoms with van der Waals surface area (Å²) < 4.78 is 7.88. The molecule has 0 saturated heterocycles. The summed E-state index contributed by atoms with van der Waals surface area (Å²) in [5.41, 5.74) is 8.08. The minimum absolute atomic E-state index is 0.0180. The van der Waals surface area contributed by atoms with Crippen LogP contribution in [0.5, 0.6) is 0 Å². The highest BCUT2D eigenvalue weighted by molar-refractivity contribution is 7.17. The topological polar surface area (TPSA) is 26.0 Å². The summed E-state index contributed by atoms with van der Waals surface area (Å²) in [6.45, 7) is 13.6. The largest absolute Gasteiger partial charge is 0.456 e. The third-order valence-electron chi connectivity index (χ3n) is 7.31. The summed E-state index contributed by atoms with van der Waals surface area (Å²) >= 11 is 1.80. The van der Waals surface area contributed by atoms with Crippen LogP contribution < -0.4 is 0 Å². The SMILES string of the molecule is Cc1c(-c2csc3cc(CC(C)C)ccc23)oc2ccnc(-c3cc(C(C)(C)C)c4ccccc4c3)c12. The highest BCUT2D eigenvalue weighted by Gasteiger charge is 2.22. The Bertz CT molecular complexity index is 1780. The third kappa shape index (κ3) is 4.16. The maximum Gasteiger partial charge on any atom is 0.139 e. The molecule has 6 aromatic rings. The fourth-order valence-electron chi connectivity index (χ4n) is 5.58. The van der Waals surface area contributed by atoms with Gasteiger partial charge in [0.05, 0.1) is 11.1 Å². The lowest BCUT2D eigenvalue weighted by molar-refractivity contribution is 0.596. The molecule has 0 aliphatic heterocycles. The normalized spacial score (nSPS) is 12.4. The molecule has 3 heterocycles. The van der Waals surface area contributed by atoms with Crippen molar-refractivity contribution in [1.29, 1.82) is 0 Å². The number of nitrogens with zero attached hydrogens (tertiary/aromatic N) is 1. The first-order chi connectivity index (χ1) is 17.7. The average Bonchev–Trinajstić information content (AvgIpc) is 3.42. The van der Waals surface area contributed by atoms with Crippen LogP contribution >= 0.6 is 11.3 Å². The molecule has 0 N–H and O–H groups in total. The zero-order valence-corrected chi connectivity index (χ0v) is 23.3. The molecule has 186 valence electrons. The number of pyridine rings is 1. The van der Waals surface area contributed by atoms with Gasteiger partial charge < -0.3 is 4.42 Å². The van der Waals surface area contributed by atoms with E-state index in [9.17, 15) is 0 Å². The standard InChI is InChI=1S/C34H33NOS/c1-20(2)15-22-11-12-26-27(19-37-30(26)16-22)33-21(3)31-29(36-33)13-14-35-32(31)24-17-23-9-7-8-10-25(23)28(18-24)34(4,5)6/h7-14,16-20H,15H2,1-6H3. The molecule has 0 saturated carbocycles. The van der Waals surface area contributed by atoms with E-state index in [1.807, 2.05) is 12.3 Å². The van der Waals surface area contributed by atoms with Gasteiger partial charge in [-0.05, 0) is 70.8 Å². The predicted octanol–water partition coefficient (Wildman–Crippen LogP) is 10.3. The molecule has 3 aromatic carbocycles. The summed E-state index contributed by atoms with van der Waals surface area (Å²) in [6.07, 6.45) is 2.98. The molecule has 0 radical (unpaired) electrons. The van der Waals surface area contributed by atoms with E-state index in [0.717, 1.165) is 40.0 Å². The summed E-state index contributed by atoms with van der Waals surface area (Å²) in [7, 11) is 0. The van der Waals surface area contributed by atoms with Crippen LogP contribution in [0.3, 0.4) is 0 Å². The van der Waals surface area contributed by atoms with E-state index in [-0.39, 0.29) is 5.41 Å². The van der Waals surface area contributed by atoms with Gasteiger partial charge >= 0.3 is 0 Å². The van der Waals surface area contributed by atoms with Crippen LogP contribution in [0.2, 0.25) is 0 Å². The van der Waals surface area contributed by atoms with E-state index in [2.05, 4.69) is 102 Å². The number of hydrogen-bond acceptors (Lipinski definition) is 3. The van der Waals surface area contributed by atoms with Crippen molar-refractivity contribution in [2.45, 2.75) is 53.4 Å². The summed E-state index contributed by atoms with van der Waals surface area (Å²) in [4.78, 5) is 4.91. The van der Waals surface area contributed by atoms with Crippen LogP contribution in [-0.2, 0) is 11.8 Å². The Hall–Kier alpha value is -3.43. The van der Waals surface area contributed by atoms with Crippen LogP contribution in [0.25, 0.3) is 54.4 Å². The van der Waals surface area contributed by atoms with Gasteiger partial charge in [0.25, 0.3) is 0 Å². The number of hydrogen-bond donors (Lipinski definition) is 0. The number of fused-ring (bicyclic) bond motifs is 3. The first kappa shape index (κ1) is 23.9. The van der Waals surface area contributed by atoms with Gasteiger partial charge in [-0.2, -0.15) is 0 Å². The van der Waals surface area contributed by atoms with Gasteiger partial charge in [-0.1, -0.05) is 71.0 Å². The van der Waals surface area contributed by atoms with Gasteiger partial charge in [-0.3, -0.25) is 4.98 Å². The zero-order valence-electron chi connectivity index (χ0n) is 22.5. The Labute approximate surface area is 223 Å². The molecule has 2 nitrogen and oxygen atoms in total. The molecule has 0 bridgehead atoms. The van der Waals surface area contributed by atoms with Gasteiger partial charge in [0.15, 0.2) is 0 Å². The first-order valence-corrected chi connectivity index (χ1v) is 14.0. The van der Waals surface area contributed by atoms with E-state index in [0.29, 0.717) is 5.92 Å². The molecular formula is C34H33NOS. The third-order valence-corrected chi connectivity index (χ3v) is 8.26. The Morgan fingerprint density at radius 3 is 2.54 bits per heavy atom.